The summed E-state index contributed by atoms with van der Waals surface area (Å²) >= 11 is 13.7. The summed E-state index contributed by atoms with van der Waals surface area (Å²) in [5.41, 5.74) is 3.06. The number of halogens is 2. The first kappa shape index (κ1) is 25.6. The van der Waals surface area contributed by atoms with E-state index in [0.29, 0.717) is 28.9 Å². The summed E-state index contributed by atoms with van der Waals surface area (Å²) < 4.78 is 0. The van der Waals surface area contributed by atoms with Gasteiger partial charge in [0.2, 0.25) is 11.8 Å². The van der Waals surface area contributed by atoms with E-state index in [1.54, 1.807) is 24.0 Å². The van der Waals surface area contributed by atoms with Gasteiger partial charge in [0.1, 0.15) is 6.04 Å². The lowest BCUT2D eigenvalue weighted by molar-refractivity contribution is -0.138. The third-order valence-electron chi connectivity index (χ3n) is 5.10. The Balaban J connectivity index is 2.07. The highest BCUT2D eigenvalue weighted by atomic mass is 35.5. The minimum atomic E-state index is -0.552. The van der Waals surface area contributed by atoms with Gasteiger partial charge in [-0.1, -0.05) is 66.9 Å². The predicted octanol–water partition coefficient (Wildman–Crippen LogP) is 5.87. The lowest BCUT2D eigenvalue weighted by Gasteiger charge is -2.29. The van der Waals surface area contributed by atoms with Crippen LogP contribution in [0.3, 0.4) is 0 Å². The maximum Gasteiger partial charge on any atom is 0.242 e. The third-order valence-corrected chi connectivity index (χ3v) is 6.65. The predicted molar refractivity (Wildman–Crippen MR) is 132 cm³/mol. The van der Waals surface area contributed by atoms with E-state index in [1.165, 1.54) is 11.8 Å². The molecule has 0 saturated carbocycles. The molecule has 0 bridgehead atoms. The van der Waals surface area contributed by atoms with Crippen molar-refractivity contribution in [1.29, 1.82) is 0 Å². The first-order valence-corrected chi connectivity index (χ1v) is 12.4. The molecule has 31 heavy (non-hydrogen) atoms. The minimum absolute atomic E-state index is 0.0727. The first-order valence-electron chi connectivity index (χ1n) is 10.5. The monoisotopic (exact) mass is 480 g/mol. The van der Waals surface area contributed by atoms with Crippen LogP contribution in [0.4, 0.5) is 0 Å². The number of nitrogens with zero attached hydrogens (tertiary/aromatic N) is 1. The summed E-state index contributed by atoms with van der Waals surface area (Å²) in [5, 5.41) is 4.12. The van der Waals surface area contributed by atoms with Crippen molar-refractivity contribution in [2.75, 3.05) is 12.3 Å². The van der Waals surface area contributed by atoms with Gasteiger partial charge in [-0.3, -0.25) is 9.59 Å². The summed E-state index contributed by atoms with van der Waals surface area (Å²) in [6, 6.07) is 12.7. The van der Waals surface area contributed by atoms with Gasteiger partial charge in [0.05, 0.1) is 5.75 Å². The molecule has 0 aliphatic heterocycles. The van der Waals surface area contributed by atoms with Crippen LogP contribution in [-0.4, -0.2) is 35.1 Å². The minimum Gasteiger partial charge on any atom is -0.354 e. The zero-order valence-corrected chi connectivity index (χ0v) is 20.6. The van der Waals surface area contributed by atoms with Gasteiger partial charge in [0, 0.05) is 28.9 Å². The van der Waals surface area contributed by atoms with Crippen molar-refractivity contribution in [3.05, 3.63) is 69.2 Å². The van der Waals surface area contributed by atoms with E-state index in [0.717, 1.165) is 29.5 Å². The Morgan fingerprint density at radius 1 is 1.13 bits per heavy atom. The highest BCUT2D eigenvalue weighted by molar-refractivity contribution is 7.99. The van der Waals surface area contributed by atoms with Crippen molar-refractivity contribution in [3.8, 4) is 0 Å². The fourth-order valence-corrected chi connectivity index (χ4v) is 4.53. The van der Waals surface area contributed by atoms with Crippen LogP contribution >= 0.6 is 35.0 Å². The molecule has 1 N–H and O–H groups in total. The number of carbonyl (C=O) groups excluding carboxylic acids is 2. The molecule has 4 nitrogen and oxygen atoms in total. The quantitative estimate of drug-likeness (QED) is 0.409. The second-order valence-electron chi connectivity index (χ2n) is 7.50. The lowest BCUT2D eigenvalue weighted by Crippen LogP contribution is -2.48. The van der Waals surface area contributed by atoms with E-state index in [-0.39, 0.29) is 17.6 Å². The number of aryl methyl sites for hydroxylation is 1. The maximum absolute atomic E-state index is 13.1. The number of thioether (sulfide) groups is 1. The van der Waals surface area contributed by atoms with Gasteiger partial charge in [0.25, 0.3) is 0 Å². The van der Waals surface area contributed by atoms with Gasteiger partial charge in [-0.05, 0) is 49.1 Å². The van der Waals surface area contributed by atoms with Crippen LogP contribution in [0.15, 0.2) is 42.5 Å². The third kappa shape index (κ3) is 8.06. The average molecular weight is 481 g/mol. The molecular weight excluding hydrogens is 451 g/mol. The number of carbonyl (C=O) groups is 2. The fourth-order valence-electron chi connectivity index (χ4n) is 3.06. The summed E-state index contributed by atoms with van der Waals surface area (Å²) in [4.78, 5) is 27.5. The summed E-state index contributed by atoms with van der Waals surface area (Å²) in [5.74, 6) is 0.659. The Hall–Kier alpha value is -1.69. The van der Waals surface area contributed by atoms with Crippen molar-refractivity contribution < 1.29 is 9.59 Å². The molecule has 0 aromatic heterocycles. The zero-order chi connectivity index (χ0) is 22.8. The number of unbranched alkanes of at least 4 members (excludes halogenated alkanes) is 1. The van der Waals surface area contributed by atoms with E-state index in [1.807, 2.05) is 37.3 Å². The highest BCUT2D eigenvalue weighted by Crippen LogP contribution is 2.25. The Morgan fingerprint density at radius 3 is 2.55 bits per heavy atom. The van der Waals surface area contributed by atoms with E-state index in [2.05, 4.69) is 12.2 Å². The molecule has 0 aliphatic carbocycles. The van der Waals surface area contributed by atoms with Crippen LogP contribution in [0, 0.1) is 6.92 Å². The van der Waals surface area contributed by atoms with E-state index < -0.39 is 6.04 Å². The summed E-state index contributed by atoms with van der Waals surface area (Å²) in [6.07, 6.45) is 1.92. The SMILES string of the molecule is CCCCNC(=O)C(C)N(Cc1ccccc1C)C(=O)CSCc1ccc(Cl)cc1Cl. The zero-order valence-electron chi connectivity index (χ0n) is 18.3. The van der Waals surface area contributed by atoms with Gasteiger partial charge in [-0.15, -0.1) is 11.8 Å². The number of amides is 2. The van der Waals surface area contributed by atoms with Crippen LogP contribution < -0.4 is 5.32 Å². The van der Waals surface area contributed by atoms with Crippen LogP contribution in [0.25, 0.3) is 0 Å². The Bertz CT molecular complexity index is 892. The Kier molecular flexibility index (Phi) is 10.7. The number of benzene rings is 2. The smallest absolute Gasteiger partial charge is 0.242 e. The molecule has 1 unspecified atom stereocenters. The van der Waals surface area contributed by atoms with E-state index in [9.17, 15) is 9.59 Å². The number of rotatable bonds is 11. The molecule has 0 radical (unpaired) electrons. The van der Waals surface area contributed by atoms with Gasteiger partial charge in [-0.2, -0.15) is 0 Å². The molecule has 2 rings (SSSR count). The molecule has 0 fully saturated rings. The van der Waals surface area contributed by atoms with Gasteiger partial charge < -0.3 is 10.2 Å². The van der Waals surface area contributed by atoms with Crippen LogP contribution in [0.2, 0.25) is 10.0 Å². The van der Waals surface area contributed by atoms with Crippen molar-refractivity contribution in [2.45, 2.75) is 52.0 Å². The van der Waals surface area contributed by atoms with Gasteiger partial charge >= 0.3 is 0 Å². The van der Waals surface area contributed by atoms with E-state index >= 15 is 0 Å². The fraction of sp³-hybridized carbons (Fsp3) is 0.417. The standard InChI is InChI=1S/C24H30Cl2N2O2S/c1-4-5-12-27-24(30)18(3)28(14-19-9-7-6-8-17(19)2)23(29)16-31-15-20-10-11-21(25)13-22(20)26/h6-11,13,18H,4-5,12,14-16H2,1-3H3,(H,27,30). The molecule has 0 saturated heterocycles. The van der Waals surface area contributed by atoms with Crippen LogP contribution in [0.1, 0.15) is 43.4 Å². The molecule has 0 spiro atoms. The van der Waals surface area contributed by atoms with Crippen molar-refractivity contribution in [1.82, 2.24) is 10.2 Å². The molecule has 1 atom stereocenters. The van der Waals surface area contributed by atoms with Crippen molar-refractivity contribution in [3.63, 3.8) is 0 Å². The number of hydrogen-bond donors (Lipinski definition) is 1. The Morgan fingerprint density at radius 2 is 1.87 bits per heavy atom. The van der Waals surface area contributed by atoms with Crippen LogP contribution in [-0.2, 0) is 21.9 Å². The second-order valence-corrected chi connectivity index (χ2v) is 9.33. The number of hydrogen-bond acceptors (Lipinski definition) is 3. The largest absolute Gasteiger partial charge is 0.354 e. The second kappa shape index (κ2) is 13.0. The first-order chi connectivity index (χ1) is 14.8. The van der Waals surface area contributed by atoms with Gasteiger partial charge in [-0.25, -0.2) is 0 Å². The molecule has 0 heterocycles. The lowest BCUT2D eigenvalue weighted by atomic mass is 10.1. The normalized spacial score (nSPS) is 11.8. The molecule has 7 heteroatoms. The van der Waals surface area contributed by atoms with Crippen molar-refractivity contribution in [2.24, 2.45) is 0 Å². The molecule has 2 aromatic carbocycles. The molecule has 2 aromatic rings. The van der Waals surface area contributed by atoms with Crippen molar-refractivity contribution >= 4 is 46.8 Å². The van der Waals surface area contributed by atoms with Crippen LogP contribution in [0.5, 0.6) is 0 Å². The summed E-state index contributed by atoms with van der Waals surface area (Å²) in [7, 11) is 0. The maximum atomic E-state index is 13.1. The molecule has 0 aliphatic rings. The molecule has 2 amide bonds. The topological polar surface area (TPSA) is 49.4 Å². The summed E-state index contributed by atoms with van der Waals surface area (Å²) in [6.45, 7) is 6.90. The molecular formula is C24H30Cl2N2O2S. The van der Waals surface area contributed by atoms with Gasteiger partial charge in [0.15, 0.2) is 0 Å². The number of nitrogens with one attached hydrogen (secondary N) is 1. The molecule has 168 valence electrons. The highest BCUT2D eigenvalue weighted by Gasteiger charge is 2.26. The average Bonchev–Trinajstić information content (AvgIpc) is 2.74. The Labute approximate surface area is 199 Å². The van der Waals surface area contributed by atoms with E-state index in [4.69, 9.17) is 23.2 Å².